The van der Waals surface area contributed by atoms with Crippen molar-refractivity contribution < 1.29 is 14.6 Å². The van der Waals surface area contributed by atoms with Crippen LogP contribution in [0, 0.1) is 0 Å². The number of aliphatic hydroxyl groups excluding tert-OH is 1. The molecule has 9 heteroatoms. The second-order valence-electron chi connectivity index (χ2n) is 10.2. The van der Waals surface area contributed by atoms with Gasteiger partial charge >= 0.3 is 0 Å². The molecule has 36 heavy (non-hydrogen) atoms. The number of hydrogen-bond donors (Lipinski definition) is 2. The lowest BCUT2D eigenvalue weighted by Crippen LogP contribution is -2.50. The Morgan fingerprint density at radius 1 is 1.17 bits per heavy atom. The molecule has 1 unspecified atom stereocenters. The third-order valence-corrected chi connectivity index (χ3v) is 8.08. The van der Waals surface area contributed by atoms with E-state index in [1.165, 1.54) is 0 Å². The van der Waals surface area contributed by atoms with Crippen LogP contribution in [0.5, 0.6) is 0 Å². The molecule has 0 saturated carbocycles. The van der Waals surface area contributed by atoms with Gasteiger partial charge in [-0.1, -0.05) is 30.7 Å². The van der Waals surface area contributed by atoms with E-state index < -0.39 is 6.10 Å². The Kier molecular flexibility index (Phi) is 8.06. The van der Waals surface area contributed by atoms with Crippen LogP contribution in [0.25, 0.3) is 0 Å². The number of hydrogen-bond acceptors (Lipinski definition) is 7. The Balaban J connectivity index is 1.24. The van der Waals surface area contributed by atoms with Crippen molar-refractivity contribution in [3.8, 4) is 0 Å². The molecule has 1 aromatic carbocycles. The first-order chi connectivity index (χ1) is 17.5. The van der Waals surface area contributed by atoms with E-state index in [1.54, 1.807) is 6.33 Å². The van der Waals surface area contributed by atoms with Gasteiger partial charge in [-0.3, -0.25) is 4.79 Å². The molecule has 0 spiro atoms. The predicted octanol–water partition coefficient (Wildman–Crippen LogP) is 3.26. The summed E-state index contributed by atoms with van der Waals surface area (Å²) in [6.45, 7) is 7.22. The van der Waals surface area contributed by atoms with Gasteiger partial charge in [0.25, 0.3) is 0 Å². The Labute approximate surface area is 218 Å². The highest BCUT2D eigenvalue weighted by atomic mass is 35.5. The zero-order valence-corrected chi connectivity index (χ0v) is 21.7. The van der Waals surface area contributed by atoms with Gasteiger partial charge in [-0.05, 0) is 55.8 Å². The number of nitrogens with zero attached hydrogens (tertiary/aromatic N) is 4. The van der Waals surface area contributed by atoms with Crippen LogP contribution in [-0.2, 0) is 9.53 Å². The number of carbonyl (C=O) groups excluding carboxylic acids is 1. The molecule has 2 aliphatic heterocycles. The number of aliphatic hydroxyl groups is 1. The van der Waals surface area contributed by atoms with E-state index in [0.29, 0.717) is 43.7 Å². The van der Waals surface area contributed by atoms with Crippen molar-refractivity contribution in [2.45, 2.75) is 56.6 Å². The Morgan fingerprint density at radius 3 is 2.61 bits per heavy atom. The van der Waals surface area contributed by atoms with Gasteiger partial charge in [0.15, 0.2) is 0 Å². The van der Waals surface area contributed by atoms with Gasteiger partial charge in [0, 0.05) is 56.0 Å². The minimum Gasteiger partial charge on any atom is -0.387 e. The number of anilines is 1. The van der Waals surface area contributed by atoms with Gasteiger partial charge in [-0.15, -0.1) is 0 Å². The largest absolute Gasteiger partial charge is 0.387 e. The average molecular weight is 514 g/mol. The number of nitrogens with one attached hydrogen (secondary N) is 1. The van der Waals surface area contributed by atoms with Crippen LogP contribution in [0.4, 0.5) is 5.82 Å². The van der Waals surface area contributed by atoms with Crippen LogP contribution in [0.15, 0.2) is 30.6 Å². The van der Waals surface area contributed by atoms with Crippen LogP contribution in [0.3, 0.4) is 0 Å². The number of fused-ring (bicyclic) bond motifs is 1. The highest BCUT2D eigenvalue weighted by molar-refractivity contribution is 6.30. The van der Waals surface area contributed by atoms with Crippen LogP contribution < -0.4 is 10.2 Å². The molecule has 2 N–H and O–H groups in total. The second-order valence-corrected chi connectivity index (χ2v) is 10.6. The number of rotatable bonds is 7. The first kappa shape index (κ1) is 25.4. The summed E-state index contributed by atoms with van der Waals surface area (Å²) in [6, 6.07) is 8.15. The molecule has 1 amide bonds. The zero-order valence-electron chi connectivity index (χ0n) is 20.9. The van der Waals surface area contributed by atoms with Crippen molar-refractivity contribution >= 4 is 23.3 Å². The molecule has 5 rings (SSSR count). The number of aromatic nitrogens is 2. The minimum absolute atomic E-state index is 0.169. The first-order valence-corrected chi connectivity index (χ1v) is 13.5. The first-order valence-electron chi connectivity index (χ1n) is 13.1. The Hall–Kier alpha value is -2.26. The fraction of sp³-hybridized carbons (Fsp3) is 0.593. The molecule has 2 fully saturated rings. The van der Waals surface area contributed by atoms with Gasteiger partial charge in [0.2, 0.25) is 5.91 Å². The highest BCUT2D eigenvalue weighted by Gasteiger charge is 2.35. The lowest BCUT2D eigenvalue weighted by Gasteiger charge is -2.38. The molecule has 0 bridgehead atoms. The van der Waals surface area contributed by atoms with Crippen molar-refractivity contribution in [3.05, 3.63) is 52.4 Å². The van der Waals surface area contributed by atoms with Gasteiger partial charge in [-0.25, -0.2) is 9.97 Å². The van der Waals surface area contributed by atoms with E-state index in [-0.39, 0.29) is 17.7 Å². The van der Waals surface area contributed by atoms with Crippen molar-refractivity contribution in [1.82, 2.24) is 20.2 Å². The molecular formula is C27H36ClN5O3. The van der Waals surface area contributed by atoms with E-state index in [4.69, 9.17) is 16.3 Å². The fourth-order valence-electron chi connectivity index (χ4n) is 5.77. The number of halogens is 1. The average Bonchev–Trinajstić information content (AvgIpc) is 3.21. The van der Waals surface area contributed by atoms with Crippen molar-refractivity contribution in [2.75, 3.05) is 50.8 Å². The lowest BCUT2D eigenvalue weighted by molar-refractivity contribution is -0.133. The number of benzene rings is 1. The molecule has 0 radical (unpaired) electrons. The van der Waals surface area contributed by atoms with Crippen molar-refractivity contribution in [1.29, 1.82) is 0 Å². The van der Waals surface area contributed by atoms with Gasteiger partial charge < -0.3 is 25.0 Å². The normalized spacial score (nSPS) is 23.5. The molecule has 1 aromatic heterocycles. The third-order valence-electron chi connectivity index (χ3n) is 7.83. The number of ether oxygens (including phenoxy) is 1. The van der Waals surface area contributed by atoms with E-state index >= 15 is 0 Å². The Bertz CT molecular complexity index is 1040. The molecular weight excluding hydrogens is 478 g/mol. The highest BCUT2D eigenvalue weighted by Crippen LogP contribution is 2.42. The number of amides is 1. The van der Waals surface area contributed by atoms with Crippen molar-refractivity contribution in [3.63, 3.8) is 0 Å². The molecule has 3 aliphatic rings. The SMILES string of the molecule is C[C@@H]1C[C@@H](O)c2ncnc(N3CCN(C(=O)C(CCNC4CCOCC4)c4ccc(Cl)cc4)CC3)c21. The van der Waals surface area contributed by atoms with Gasteiger partial charge in [0.1, 0.15) is 12.1 Å². The topological polar surface area (TPSA) is 90.8 Å². The molecule has 194 valence electrons. The molecule has 3 heterocycles. The summed E-state index contributed by atoms with van der Waals surface area (Å²) in [5.41, 5.74) is 2.82. The molecule has 2 saturated heterocycles. The maximum atomic E-state index is 13.8. The lowest BCUT2D eigenvalue weighted by atomic mass is 9.93. The van der Waals surface area contributed by atoms with Crippen LogP contribution in [-0.4, -0.2) is 77.9 Å². The van der Waals surface area contributed by atoms with Crippen LogP contribution >= 0.6 is 11.6 Å². The molecule has 8 nitrogen and oxygen atoms in total. The molecule has 3 atom stereocenters. The second kappa shape index (κ2) is 11.4. The van der Waals surface area contributed by atoms with E-state index in [2.05, 4.69) is 27.1 Å². The number of piperazine rings is 1. The standard InChI is InChI=1S/C27H36ClN5O3/c1-18-16-23(34)25-24(18)26(31-17-30-25)32-10-12-33(13-11-32)27(35)22(19-2-4-20(28)5-3-19)6-9-29-21-7-14-36-15-8-21/h2-5,17-18,21-23,29,34H,6-16H2,1H3/t18-,22?,23-/m1/s1. The van der Waals surface area contributed by atoms with E-state index in [9.17, 15) is 9.90 Å². The maximum absolute atomic E-state index is 13.8. The summed E-state index contributed by atoms with van der Waals surface area (Å²) >= 11 is 6.13. The molecule has 1 aliphatic carbocycles. The van der Waals surface area contributed by atoms with Gasteiger partial charge in [-0.2, -0.15) is 0 Å². The third kappa shape index (κ3) is 5.52. The van der Waals surface area contributed by atoms with Crippen molar-refractivity contribution in [2.24, 2.45) is 0 Å². The zero-order chi connectivity index (χ0) is 25.1. The summed E-state index contributed by atoms with van der Waals surface area (Å²) in [7, 11) is 0. The van der Waals surface area contributed by atoms with E-state index in [0.717, 1.165) is 61.7 Å². The summed E-state index contributed by atoms with van der Waals surface area (Å²) < 4.78 is 5.46. The van der Waals surface area contributed by atoms with E-state index in [1.807, 2.05) is 29.2 Å². The summed E-state index contributed by atoms with van der Waals surface area (Å²) in [5.74, 6) is 1.09. The maximum Gasteiger partial charge on any atom is 0.230 e. The summed E-state index contributed by atoms with van der Waals surface area (Å²) in [5, 5.41) is 14.7. The molecule has 2 aromatic rings. The summed E-state index contributed by atoms with van der Waals surface area (Å²) in [4.78, 5) is 26.9. The quantitative estimate of drug-likeness (QED) is 0.587. The summed E-state index contributed by atoms with van der Waals surface area (Å²) in [6.07, 6.45) is 4.49. The van der Waals surface area contributed by atoms with Gasteiger partial charge in [0.05, 0.1) is 17.7 Å². The number of carbonyl (C=O) groups is 1. The smallest absolute Gasteiger partial charge is 0.230 e. The monoisotopic (exact) mass is 513 g/mol. The van der Waals surface area contributed by atoms with Crippen LogP contribution in [0.1, 0.15) is 67.4 Å². The van der Waals surface area contributed by atoms with Crippen LogP contribution in [0.2, 0.25) is 5.02 Å². The predicted molar refractivity (Wildman–Crippen MR) is 139 cm³/mol. The fourth-order valence-corrected chi connectivity index (χ4v) is 5.90. The Morgan fingerprint density at radius 2 is 1.89 bits per heavy atom. The minimum atomic E-state index is -0.519.